The molecule has 4 rings (SSSR count). The fourth-order valence-corrected chi connectivity index (χ4v) is 2.85. The molecule has 0 atom stereocenters. The van der Waals surface area contributed by atoms with E-state index in [1.165, 1.54) is 0 Å². The van der Waals surface area contributed by atoms with Crippen molar-refractivity contribution in [1.29, 1.82) is 0 Å². The summed E-state index contributed by atoms with van der Waals surface area (Å²) in [7, 11) is 0. The molecule has 1 heteroatoms. The van der Waals surface area contributed by atoms with Crippen molar-refractivity contribution in [3.8, 4) is 0 Å². The second-order valence-electron chi connectivity index (χ2n) is 5.00. The number of hydrogen-bond donors (Lipinski definition) is 0. The van der Waals surface area contributed by atoms with E-state index in [9.17, 15) is 4.79 Å². The van der Waals surface area contributed by atoms with Crippen LogP contribution < -0.4 is 0 Å². The zero-order chi connectivity index (χ0) is 13.5. The van der Waals surface area contributed by atoms with Crippen molar-refractivity contribution in [3.63, 3.8) is 0 Å². The van der Waals surface area contributed by atoms with Crippen LogP contribution in [0.1, 0.15) is 16.7 Å². The first-order valence-electron chi connectivity index (χ1n) is 6.68. The molecule has 2 aliphatic carbocycles. The van der Waals surface area contributed by atoms with Gasteiger partial charge in [-0.3, -0.25) is 4.79 Å². The first-order valence-corrected chi connectivity index (χ1v) is 6.68. The molecule has 0 N–H and O–H groups in total. The second kappa shape index (κ2) is 4.17. The van der Waals surface area contributed by atoms with E-state index in [-0.39, 0.29) is 5.78 Å². The standard InChI is InChI=1S/C19H12O/c20-19-16(13-6-2-1-3-7-13)10-11-17-15-9-5-4-8-14(15)12-18(17)19/h1-12H. The third kappa shape index (κ3) is 1.53. The minimum atomic E-state index is 0.116. The molecule has 0 amide bonds. The minimum absolute atomic E-state index is 0.116. The largest absolute Gasteiger partial charge is 0.289 e. The summed E-state index contributed by atoms with van der Waals surface area (Å²) in [5.41, 5.74) is 5.89. The van der Waals surface area contributed by atoms with E-state index >= 15 is 0 Å². The summed E-state index contributed by atoms with van der Waals surface area (Å²) in [5, 5.41) is 0. The van der Waals surface area contributed by atoms with Gasteiger partial charge in [-0.05, 0) is 34.4 Å². The monoisotopic (exact) mass is 256 g/mol. The van der Waals surface area contributed by atoms with Crippen LogP contribution in [-0.2, 0) is 4.79 Å². The highest BCUT2D eigenvalue weighted by molar-refractivity contribution is 6.38. The summed E-state index contributed by atoms with van der Waals surface area (Å²) in [6.45, 7) is 0. The maximum absolute atomic E-state index is 12.7. The molecule has 20 heavy (non-hydrogen) atoms. The van der Waals surface area contributed by atoms with E-state index < -0.39 is 0 Å². The van der Waals surface area contributed by atoms with Gasteiger partial charge >= 0.3 is 0 Å². The number of carbonyl (C=O) groups is 1. The number of hydrogen-bond acceptors (Lipinski definition) is 1. The zero-order valence-electron chi connectivity index (χ0n) is 10.8. The maximum Gasteiger partial charge on any atom is 0.194 e. The Morgan fingerprint density at radius 1 is 0.650 bits per heavy atom. The van der Waals surface area contributed by atoms with E-state index in [4.69, 9.17) is 0 Å². The lowest BCUT2D eigenvalue weighted by Crippen LogP contribution is -2.08. The first kappa shape index (κ1) is 11.2. The number of carbonyl (C=O) groups excluding carboxylic acids is 1. The summed E-state index contributed by atoms with van der Waals surface area (Å²) < 4.78 is 0. The van der Waals surface area contributed by atoms with Gasteiger partial charge in [-0.2, -0.15) is 0 Å². The molecular weight excluding hydrogens is 244 g/mol. The van der Waals surface area contributed by atoms with Crippen LogP contribution in [0.4, 0.5) is 0 Å². The van der Waals surface area contributed by atoms with E-state index in [1.807, 2.05) is 54.6 Å². The summed E-state index contributed by atoms with van der Waals surface area (Å²) in [6.07, 6.45) is 5.99. The van der Waals surface area contributed by atoms with Gasteiger partial charge in [-0.25, -0.2) is 0 Å². The van der Waals surface area contributed by atoms with Crippen molar-refractivity contribution in [3.05, 3.63) is 89.0 Å². The summed E-state index contributed by atoms with van der Waals surface area (Å²) >= 11 is 0. The highest BCUT2D eigenvalue weighted by atomic mass is 16.1. The lowest BCUT2D eigenvalue weighted by Gasteiger charge is -2.14. The average molecular weight is 256 g/mol. The topological polar surface area (TPSA) is 17.1 Å². The maximum atomic E-state index is 12.7. The molecule has 0 saturated heterocycles. The van der Waals surface area contributed by atoms with Crippen molar-refractivity contribution in [2.45, 2.75) is 0 Å². The molecule has 2 aliphatic rings. The Labute approximate surface area is 117 Å². The number of rotatable bonds is 1. The van der Waals surface area contributed by atoms with Crippen molar-refractivity contribution in [1.82, 2.24) is 0 Å². The molecule has 0 aromatic heterocycles. The van der Waals surface area contributed by atoms with Crippen LogP contribution >= 0.6 is 0 Å². The molecule has 1 nitrogen and oxygen atoms in total. The highest BCUT2D eigenvalue weighted by Gasteiger charge is 2.28. The Kier molecular flexibility index (Phi) is 2.33. The van der Waals surface area contributed by atoms with Gasteiger partial charge in [-0.1, -0.05) is 60.7 Å². The van der Waals surface area contributed by atoms with E-state index in [1.54, 1.807) is 0 Å². The van der Waals surface area contributed by atoms with Crippen LogP contribution in [0.2, 0.25) is 0 Å². The summed E-state index contributed by atoms with van der Waals surface area (Å²) in [6, 6.07) is 18.0. The van der Waals surface area contributed by atoms with Crippen LogP contribution in [0.25, 0.3) is 17.2 Å². The lowest BCUT2D eigenvalue weighted by molar-refractivity contribution is -0.110. The third-order valence-corrected chi connectivity index (χ3v) is 3.83. The van der Waals surface area contributed by atoms with Crippen LogP contribution in [-0.4, -0.2) is 5.78 Å². The van der Waals surface area contributed by atoms with Gasteiger partial charge in [0, 0.05) is 11.1 Å². The van der Waals surface area contributed by atoms with Crippen LogP contribution in [0, 0.1) is 0 Å². The number of Topliss-reactive ketones (excluding diaryl/α,β-unsaturated/α-hetero) is 1. The molecule has 2 aromatic rings. The fourth-order valence-electron chi connectivity index (χ4n) is 2.85. The molecule has 0 saturated carbocycles. The Balaban J connectivity index is 1.86. The quantitative estimate of drug-likeness (QED) is 0.749. The van der Waals surface area contributed by atoms with Crippen molar-refractivity contribution >= 4 is 23.0 Å². The number of allylic oxidation sites excluding steroid dienone is 5. The van der Waals surface area contributed by atoms with Crippen LogP contribution in [0.5, 0.6) is 0 Å². The van der Waals surface area contributed by atoms with Crippen molar-refractivity contribution < 1.29 is 4.79 Å². The Morgan fingerprint density at radius 3 is 2.20 bits per heavy atom. The van der Waals surface area contributed by atoms with E-state index in [0.29, 0.717) is 0 Å². The number of fused-ring (bicyclic) bond motifs is 3. The molecule has 0 heterocycles. The molecule has 0 fully saturated rings. The molecule has 0 bridgehead atoms. The van der Waals surface area contributed by atoms with Crippen molar-refractivity contribution in [2.75, 3.05) is 0 Å². The molecular formula is C19H12O. The van der Waals surface area contributed by atoms with Gasteiger partial charge in [0.1, 0.15) is 0 Å². The first-order chi connectivity index (χ1) is 9.84. The molecule has 2 aromatic carbocycles. The fraction of sp³-hybridized carbons (Fsp3) is 0. The highest BCUT2D eigenvalue weighted by Crippen LogP contribution is 2.40. The van der Waals surface area contributed by atoms with Crippen LogP contribution in [0.15, 0.2) is 72.3 Å². The van der Waals surface area contributed by atoms with Gasteiger partial charge in [0.25, 0.3) is 0 Å². The average Bonchev–Trinajstić information content (AvgIpc) is 2.88. The van der Waals surface area contributed by atoms with Gasteiger partial charge < -0.3 is 0 Å². The Bertz CT molecular complexity index is 805. The van der Waals surface area contributed by atoms with E-state index in [0.717, 1.165) is 33.4 Å². The molecule has 94 valence electrons. The van der Waals surface area contributed by atoms with Crippen LogP contribution in [0.3, 0.4) is 0 Å². The van der Waals surface area contributed by atoms with Crippen molar-refractivity contribution in [2.24, 2.45) is 0 Å². The summed E-state index contributed by atoms with van der Waals surface area (Å²) in [4.78, 5) is 12.7. The van der Waals surface area contributed by atoms with Gasteiger partial charge in [-0.15, -0.1) is 0 Å². The number of ketones is 1. The predicted molar refractivity (Wildman–Crippen MR) is 81.8 cm³/mol. The molecule has 0 unspecified atom stereocenters. The minimum Gasteiger partial charge on any atom is -0.289 e. The summed E-state index contributed by atoms with van der Waals surface area (Å²) in [5.74, 6) is 0.116. The smallest absolute Gasteiger partial charge is 0.194 e. The van der Waals surface area contributed by atoms with Gasteiger partial charge in [0.15, 0.2) is 5.78 Å². The van der Waals surface area contributed by atoms with Gasteiger partial charge in [0.2, 0.25) is 0 Å². The number of benzene rings is 2. The second-order valence-corrected chi connectivity index (χ2v) is 5.00. The molecule has 0 spiro atoms. The molecule has 0 radical (unpaired) electrons. The van der Waals surface area contributed by atoms with Gasteiger partial charge in [0.05, 0.1) is 0 Å². The zero-order valence-corrected chi connectivity index (χ0v) is 10.8. The Morgan fingerprint density at radius 2 is 1.35 bits per heavy atom. The predicted octanol–water partition coefficient (Wildman–Crippen LogP) is 4.13. The van der Waals surface area contributed by atoms with E-state index in [2.05, 4.69) is 18.2 Å². The Hall–Kier alpha value is -2.67. The third-order valence-electron chi connectivity index (χ3n) is 3.83. The lowest BCUT2D eigenvalue weighted by atomic mass is 9.88. The molecule has 0 aliphatic heterocycles. The SMILES string of the molecule is O=C1C2=Cc3ccccc3C2=CC=C1c1ccccc1. The normalized spacial score (nSPS) is 16.0.